The summed E-state index contributed by atoms with van der Waals surface area (Å²) in [6.45, 7) is 1.89. The third-order valence-corrected chi connectivity index (χ3v) is 10.3. The molecule has 9 atom stereocenters. The van der Waals surface area contributed by atoms with Crippen LogP contribution in [0.1, 0.15) is 75.8 Å². The zero-order chi connectivity index (χ0) is 32.8. The number of nitrogens with zero attached hydrogens (tertiary/aromatic N) is 1. The summed E-state index contributed by atoms with van der Waals surface area (Å²) < 4.78 is 12.3. The van der Waals surface area contributed by atoms with Gasteiger partial charge in [0.1, 0.15) is 12.2 Å². The van der Waals surface area contributed by atoms with Crippen molar-refractivity contribution in [2.45, 2.75) is 114 Å². The average molecular weight is 639 g/mol. The molecule has 0 amide bonds. The van der Waals surface area contributed by atoms with Gasteiger partial charge in [-0.15, -0.1) is 0 Å². The number of guanidine groups is 1. The van der Waals surface area contributed by atoms with E-state index in [0.29, 0.717) is 43.4 Å². The minimum atomic E-state index is -0.945. The maximum atomic E-state index is 12.5. The Hall–Kier alpha value is -3.30. The van der Waals surface area contributed by atoms with Gasteiger partial charge in [0.2, 0.25) is 0 Å². The predicted octanol–water partition coefficient (Wildman–Crippen LogP) is 2.03. The van der Waals surface area contributed by atoms with Crippen molar-refractivity contribution in [3.8, 4) is 23.3 Å². The summed E-state index contributed by atoms with van der Waals surface area (Å²) >= 11 is 0. The van der Waals surface area contributed by atoms with Crippen LogP contribution in [-0.2, 0) is 22.6 Å². The minimum absolute atomic E-state index is 0.0262. The number of benzene rings is 1. The van der Waals surface area contributed by atoms with E-state index in [4.69, 9.17) is 15.2 Å². The summed E-state index contributed by atoms with van der Waals surface area (Å²) in [5, 5.41) is 51.0. The number of rotatable bonds is 3. The second-order valence-electron chi connectivity index (χ2n) is 13.4. The number of piperidine rings is 1. The maximum absolute atomic E-state index is 12.5. The molecule has 1 aromatic carbocycles. The summed E-state index contributed by atoms with van der Waals surface area (Å²) in [6.07, 6.45) is 7.29. The molecule has 252 valence electrons. The molecule has 11 nitrogen and oxygen atoms in total. The van der Waals surface area contributed by atoms with Crippen molar-refractivity contribution in [1.82, 2.24) is 10.6 Å². The molecule has 5 rings (SSSR count). The highest BCUT2D eigenvalue weighted by molar-refractivity contribution is 5.78. The second kappa shape index (κ2) is 15.1. The fraction of sp³-hybridized carbons (Fsp3) is 0.657. The van der Waals surface area contributed by atoms with E-state index in [1.807, 2.05) is 12.2 Å². The summed E-state index contributed by atoms with van der Waals surface area (Å²) in [7, 11) is 1.59. The molecule has 0 saturated carbocycles. The Balaban J connectivity index is 1.65. The lowest BCUT2D eigenvalue weighted by molar-refractivity contribution is -0.152. The van der Waals surface area contributed by atoms with Gasteiger partial charge in [0, 0.05) is 38.3 Å². The van der Waals surface area contributed by atoms with Crippen molar-refractivity contribution >= 4 is 11.9 Å². The van der Waals surface area contributed by atoms with Crippen molar-refractivity contribution < 1.29 is 34.7 Å². The Labute approximate surface area is 271 Å². The molecule has 2 heterocycles. The van der Waals surface area contributed by atoms with Crippen molar-refractivity contribution in [2.24, 2.45) is 28.0 Å². The summed E-state index contributed by atoms with van der Waals surface area (Å²) in [5.41, 5.74) is 6.48. The van der Waals surface area contributed by atoms with Crippen LogP contribution in [0, 0.1) is 29.1 Å². The lowest BCUT2D eigenvalue weighted by Gasteiger charge is -2.43. The van der Waals surface area contributed by atoms with E-state index in [-0.39, 0.29) is 48.7 Å². The first-order chi connectivity index (χ1) is 22.1. The first-order valence-corrected chi connectivity index (χ1v) is 16.7. The molecule has 0 radical (unpaired) electrons. The highest BCUT2D eigenvalue weighted by atomic mass is 16.5. The van der Waals surface area contributed by atoms with E-state index >= 15 is 0 Å². The molecule has 1 spiro atoms. The number of aliphatic hydroxyl groups is 3. The van der Waals surface area contributed by atoms with Gasteiger partial charge in [0.05, 0.1) is 30.3 Å². The van der Waals surface area contributed by atoms with Crippen LogP contribution in [0.2, 0.25) is 0 Å². The van der Waals surface area contributed by atoms with Crippen LogP contribution >= 0.6 is 0 Å². The van der Waals surface area contributed by atoms with Gasteiger partial charge in [-0.05, 0) is 81.2 Å². The molecular formula is C35H50N4O7. The first-order valence-electron chi connectivity index (χ1n) is 16.7. The van der Waals surface area contributed by atoms with Crippen LogP contribution < -0.4 is 21.1 Å². The van der Waals surface area contributed by atoms with Crippen molar-refractivity contribution in [1.29, 1.82) is 0 Å². The van der Waals surface area contributed by atoms with Crippen LogP contribution in [0.5, 0.6) is 11.5 Å². The van der Waals surface area contributed by atoms with Crippen LogP contribution in [0.3, 0.4) is 0 Å². The third-order valence-electron chi connectivity index (χ3n) is 10.3. The van der Waals surface area contributed by atoms with Gasteiger partial charge in [-0.1, -0.05) is 30.4 Å². The number of hydrogen-bond acceptors (Lipinski definition) is 9. The molecule has 2 aliphatic carbocycles. The largest absolute Gasteiger partial charge is 0.504 e. The third kappa shape index (κ3) is 7.80. The molecule has 1 aromatic rings. The van der Waals surface area contributed by atoms with Crippen molar-refractivity contribution in [2.75, 3.05) is 13.6 Å². The van der Waals surface area contributed by atoms with Gasteiger partial charge < -0.3 is 46.3 Å². The Morgan fingerprint density at radius 1 is 1.24 bits per heavy atom. The molecule has 8 N–H and O–H groups in total. The van der Waals surface area contributed by atoms with E-state index in [9.17, 15) is 25.2 Å². The van der Waals surface area contributed by atoms with E-state index < -0.39 is 35.7 Å². The number of esters is 1. The number of carbonyl (C=O) groups excluding carboxylic acids is 1. The summed E-state index contributed by atoms with van der Waals surface area (Å²) in [4.78, 5) is 16.6. The lowest BCUT2D eigenvalue weighted by Crippen LogP contribution is -2.55. The second-order valence-corrected chi connectivity index (χ2v) is 13.4. The fourth-order valence-corrected chi connectivity index (χ4v) is 7.74. The summed E-state index contributed by atoms with van der Waals surface area (Å²) in [5.74, 6) is 6.62. The Morgan fingerprint density at radius 2 is 2.07 bits per heavy atom. The molecule has 4 aliphatic rings. The van der Waals surface area contributed by atoms with Crippen molar-refractivity contribution in [3.05, 3.63) is 35.4 Å². The smallest absolute Gasteiger partial charge is 0.302 e. The number of phenols is 1. The quantitative estimate of drug-likeness (QED) is 0.0852. The monoisotopic (exact) mass is 638 g/mol. The molecule has 9 unspecified atom stereocenters. The number of ether oxygens (including phenoxy) is 2. The highest BCUT2D eigenvalue weighted by Crippen LogP contribution is 2.42. The molecule has 1 fully saturated rings. The van der Waals surface area contributed by atoms with Gasteiger partial charge >= 0.3 is 5.97 Å². The standard InChI is InChI=1S/C35H50N4O7/c1-21(41)45-30-19-26(42)10-13-35(32(39-34(36)37-2)7-4-8-33(35)44)12-9-22-5-3-6-25-18-27(11-14-38-25)46-31-17-23(15-28(22)30)24(20-40)16-29(31)43/h4,7,16-17,22,25-28,30,32-33,38,40,42-44H,3,5-6,8,10-11,13-15,18-20H2,1-2H3,(H3,36,37,39). The van der Waals surface area contributed by atoms with Gasteiger partial charge in [-0.3, -0.25) is 9.79 Å². The van der Waals surface area contributed by atoms with Crippen LogP contribution in [0.25, 0.3) is 0 Å². The van der Waals surface area contributed by atoms with Crippen molar-refractivity contribution in [3.63, 3.8) is 0 Å². The van der Waals surface area contributed by atoms with Gasteiger partial charge in [-0.2, -0.15) is 0 Å². The molecular weight excluding hydrogens is 588 g/mol. The number of carbonyl (C=O) groups is 1. The molecule has 1 saturated heterocycles. The molecule has 11 heteroatoms. The van der Waals surface area contributed by atoms with Crippen LogP contribution in [-0.4, -0.2) is 82.4 Å². The number of aliphatic imine (C=N–C) groups is 1. The summed E-state index contributed by atoms with van der Waals surface area (Å²) in [6, 6.07) is 3.15. The molecule has 46 heavy (non-hydrogen) atoms. The fourth-order valence-electron chi connectivity index (χ4n) is 7.74. The zero-order valence-electron chi connectivity index (χ0n) is 27.0. The maximum Gasteiger partial charge on any atom is 0.302 e. The number of aliphatic hydroxyl groups excluding tert-OH is 3. The Kier molecular flexibility index (Phi) is 11.2. The Morgan fingerprint density at radius 3 is 2.83 bits per heavy atom. The number of aromatic hydroxyl groups is 1. The van der Waals surface area contributed by atoms with Crippen LogP contribution in [0.15, 0.2) is 29.3 Å². The van der Waals surface area contributed by atoms with Gasteiger partial charge in [0.25, 0.3) is 0 Å². The topological polar surface area (TPSA) is 179 Å². The predicted molar refractivity (Wildman–Crippen MR) is 174 cm³/mol. The van der Waals surface area contributed by atoms with E-state index in [1.54, 1.807) is 19.2 Å². The van der Waals surface area contributed by atoms with E-state index in [1.165, 1.54) is 6.92 Å². The average Bonchev–Trinajstić information content (AvgIpc) is 3.03. The first kappa shape index (κ1) is 34.0. The van der Waals surface area contributed by atoms with Crippen LogP contribution in [0.4, 0.5) is 0 Å². The Bertz CT molecular complexity index is 1360. The number of hydrogen-bond donors (Lipinski definition) is 7. The van der Waals surface area contributed by atoms with Gasteiger partial charge in [0.15, 0.2) is 17.5 Å². The molecule has 0 aromatic heterocycles. The SMILES string of the molecule is CN=C(N)NC1C=CCC(O)C12C#CC1CCCC3CC(CCN3)Oc3cc(c(CO)cc3O)CC1C(OC(C)=O)CC(O)CC2. The van der Waals surface area contributed by atoms with Gasteiger partial charge in [-0.25, -0.2) is 0 Å². The normalized spacial score (nSPS) is 35.1. The number of nitrogens with two attached hydrogens (primary N) is 1. The number of phenolic OH excluding ortho intramolecular Hbond substituents is 1. The molecule has 2 aliphatic heterocycles. The minimum Gasteiger partial charge on any atom is -0.504 e. The van der Waals surface area contributed by atoms with E-state index in [0.717, 1.165) is 37.8 Å². The lowest BCUT2D eigenvalue weighted by atomic mass is 9.66. The number of nitrogens with one attached hydrogen (secondary N) is 2. The molecule has 4 bridgehead atoms. The zero-order valence-corrected chi connectivity index (χ0v) is 27.0. The highest BCUT2D eigenvalue weighted by Gasteiger charge is 2.46. The number of fused-ring (bicyclic) bond motifs is 5. The van der Waals surface area contributed by atoms with E-state index in [2.05, 4.69) is 27.5 Å².